The van der Waals surface area contributed by atoms with E-state index in [1.807, 2.05) is 49.4 Å². The zero-order valence-electron chi connectivity index (χ0n) is 18.0. The SMILES string of the molecule is Cc1ccccc1Nc1nc(N)nc(CN2C(=O)N[C@@](C)(c3cc4ccccc4o3)C2=O)n1. The van der Waals surface area contributed by atoms with Crippen molar-refractivity contribution in [3.05, 3.63) is 71.7 Å². The third-order valence-electron chi connectivity index (χ3n) is 5.58. The lowest BCUT2D eigenvalue weighted by Crippen LogP contribution is -2.40. The summed E-state index contributed by atoms with van der Waals surface area (Å²) in [7, 11) is 0. The molecule has 1 saturated heterocycles. The van der Waals surface area contributed by atoms with E-state index in [0.717, 1.165) is 21.5 Å². The summed E-state index contributed by atoms with van der Waals surface area (Å²) in [4.78, 5) is 39.6. The van der Waals surface area contributed by atoms with Gasteiger partial charge < -0.3 is 20.8 Å². The minimum atomic E-state index is -1.35. The fraction of sp³-hybridized carbons (Fsp3) is 0.174. The maximum Gasteiger partial charge on any atom is 0.325 e. The summed E-state index contributed by atoms with van der Waals surface area (Å²) in [5.41, 5.74) is 6.94. The van der Waals surface area contributed by atoms with Gasteiger partial charge in [-0.1, -0.05) is 36.4 Å². The number of nitrogens with one attached hydrogen (secondary N) is 2. The minimum absolute atomic E-state index is 0.0248. The molecule has 1 aliphatic heterocycles. The average Bonchev–Trinajstić information content (AvgIpc) is 3.31. The monoisotopic (exact) mass is 443 g/mol. The quantitative estimate of drug-likeness (QED) is 0.400. The second-order valence-corrected chi connectivity index (χ2v) is 7.97. The Morgan fingerprint density at radius 3 is 2.64 bits per heavy atom. The minimum Gasteiger partial charge on any atom is -0.458 e. The summed E-state index contributed by atoms with van der Waals surface area (Å²) in [6.45, 7) is 3.38. The van der Waals surface area contributed by atoms with Crippen LogP contribution in [-0.4, -0.2) is 31.8 Å². The lowest BCUT2D eigenvalue weighted by atomic mass is 9.99. The average molecular weight is 443 g/mol. The van der Waals surface area contributed by atoms with Crippen molar-refractivity contribution < 1.29 is 14.0 Å². The predicted molar refractivity (Wildman–Crippen MR) is 121 cm³/mol. The molecule has 3 heterocycles. The van der Waals surface area contributed by atoms with Crippen molar-refractivity contribution in [2.24, 2.45) is 0 Å². The number of aromatic nitrogens is 3. The highest BCUT2D eigenvalue weighted by molar-refractivity contribution is 6.07. The van der Waals surface area contributed by atoms with Crippen LogP contribution in [0.5, 0.6) is 0 Å². The van der Waals surface area contributed by atoms with Crippen molar-refractivity contribution in [3.63, 3.8) is 0 Å². The summed E-state index contributed by atoms with van der Waals surface area (Å²) < 4.78 is 5.85. The first-order valence-electron chi connectivity index (χ1n) is 10.3. The second-order valence-electron chi connectivity index (χ2n) is 7.97. The zero-order chi connectivity index (χ0) is 23.2. The van der Waals surface area contributed by atoms with Crippen LogP contribution >= 0.6 is 0 Å². The topological polar surface area (TPSA) is 139 Å². The number of anilines is 3. The van der Waals surface area contributed by atoms with Crippen LogP contribution in [0.2, 0.25) is 0 Å². The van der Waals surface area contributed by atoms with Gasteiger partial charge in [0, 0.05) is 11.1 Å². The molecule has 2 aromatic carbocycles. The van der Waals surface area contributed by atoms with E-state index in [1.54, 1.807) is 19.1 Å². The third-order valence-corrected chi connectivity index (χ3v) is 5.58. The molecule has 166 valence electrons. The number of para-hydroxylation sites is 2. The Morgan fingerprint density at radius 2 is 1.85 bits per heavy atom. The van der Waals surface area contributed by atoms with Gasteiger partial charge in [0.2, 0.25) is 11.9 Å². The Hall–Kier alpha value is -4.47. The number of aryl methyl sites for hydroxylation is 1. The van der Waals surface area contributed by atoms with E-state index < -0.39 is 17.5 Å². The van der Waals surface area contributed by atoms with Crippen molar-refractivity contribution in [2.45, 2.75) is 25.9 Å². The third kappa shape index (κ3) is 3.61. The smallest absolute Gasteiger partial charge is 0.325 e. The Labute approximate surface area is 188 Å². The number of urea groups is 1. The number of carbonyl (C=O) groups is 2. The van der Waals surface area contributed by atoms with Crippen molar-refractivity contribution in [2.75, 3.05) is 11.1 Å². The fourth-order valence-electron chi connectivity index (χ4n) is 3.78. The van der Waals surface area contributed by atoms with Crippen molar-refractivity contribution >= 4 is 40.5 Å². The number of carbonyl (C=O) groups excluding carboxylic acids is 2. The zero-order valence-corrected chi connectivity index (χ0v) is 18.0. The van der Waals surface area contributed by atoms with Crippen LogP contribution in [0.1, 0.15) is 24.1 Å². The number of hydrogen-bond acceptors (Lipinski definition) is 8. The van der Waals surface area contributed by atoms with Gasteiger partial charge in [0.05, 0.1) is 6.54 Å². The Kier molecular flexibility index (Phi) is 4.70. The Bertz CT molecular complexity index is 1370. The number of hydrogen-bond donors (Lipinski definition) is 3. The van der Waals surface area contributed by atoms with Gasteiger partial charge in [0.1, 0.15) is 11.3 Å². The van der Waals surface area contributed by atoms with Crippen LogP contribution in [0.3, 0.4) is 0 Å². The van der Waals surface area contributed by atoms with Crippen LogP contribution in [0.25, 0.3) is 11.0 Å². The Balaban J connectivity index is 1.41. The first kappa shape index (κ1) is 20.4. The largest absolute Gasteiger partial charge is 0.458 e. The summed E-state index contributed by atoms with van der Waals surface area (Å²) >= 11 is 0. The van der Waals surface area contributed by atoms with E-state index in [-0.39, 0.29) is 24.3 Å². The lowest BCUT2D eigenvalue weighted by Gasteiger charge is -2.19. The summed E-state index contributed by atoms with van der Waals surface area (Å²) in [5, 5.41) is 6.67. The van der Waals surface area contributed by atoms with Crippen molar-refractivity contribution in [3.8, 4) is 0 Å². The van der Waals surface area contributed by atoms with Gasteiger partial charge in [-0.3, -0.25) is 9.69 Å². The molecule has 4 N–H and O–H groups in total. The maximum atomic E-state index is 13.3. The number of nitrogen functional groups attached to an aromatic ring is 1. The van der Waals surface area contributed by atoms with Crippen molar-refractivity contribution in [1.29, 1.82) is 0 Å². The molecule has 1 aliphatic rings. The number of imide groups is 1. The molecule has 0 unspecified atom stereocenters. The number of rotatable bonds is 5. The molecule has 0 bridgehead atoms. The highest BCUT2D eigenvalue weighted by Crippen LogP contribution is 2.33. The van der Waals surface area contributed by atoms with Crippen LogP contribution in [0.15, 0.2) is 59.0 Å². The molecule has 0 radical (unpaired) electrons. The van der Waals surface area contributed by atoms with E-state index in [0.29, 0.717) is 11.3 Å². The van der Waals surface area contributed by atoms with Gasteiger partial charge in [-0.2, -0.15) is 15.0 Å². The van der Waals surface area contributed by atoms with Crippen LogP contribution in [0.4, 0.5) is 22.4 Å². The molecule has 0 aliphatic carbocycles. The molecule has 0 saturated carbocycles. The second kappa shape index (κ2) is 7.59. The highest BCUT2D eigenvalue weighted by Gasteiger charge is 2.51. The summed E-state index contributed by atoms with van der Waals surface area (Å²) in [6, 6.07) is 16.2. The van der Waals surface area contributed by atoms with E-state index in [2.05, 4.69) is 25.6 Å². The lowest BCUT2D eigenvalue weighted by molar-refractivity contribution is -0.132. The number of benzene rings is 2. The molecule has 1 fully saturated rings. The number of amides is 3. The summed E-state index contributed by atoms with van der Waals surface area (Å²) in [5.74, 6) is 0.249. The van der Waals surface area contributed by atoms with Crippen LogP contribution in [0, 0.1) is 6.92 Å². The van der Waals surface area contributed by atoms with Gasteiger partial charge in [-0.05, 0) is 37.6 Å². The normalized spacial score (nSPS) is 18.1. The van der Waals surface area contributed by atoms with Gasteiger partial charge in [-0.15, -0.1) is 0 Å². The van der Waals surface area contributed by atoms with Crippen LogP contribution in [-0.2, 0) is 16.9 Å². The molecule has 2 aromatic heterocycles. The van der Waals surface area contributed by atoms with E-state index in [4.69, 9.17) is 10.2 Å². The first-order valence-corrected chi connectivity index (χ1v) is 10.3. The van der Waals surface area contributed by atoms with Crippen molar-refractivity contribution in [1.82, 2.24) is 25.2 Å². The van der Waals surface area contributed by atoms with E-state index >= 15 is 0 Å². The molecule has 0 spiro atoms. The molecule has 1 atom stereocenters. The van der Waals surface area contributed by atoms with Gasteiger partial charge in [-0.25, -0.2) is 4.79 Å². The molecule has 5 rings (SSSR count). The molecule has 10 nitrogen and oxygen atoms in total. The van der Waals surface area contributed by atoms with E-state index in [1.165, 1.54) is 0 Å². The predicted octanol–water partition coefficient (Wildman–Crippen LogP) is 3.22. The number of nitrogens with zero attached hydrogens (tertiary/aromatic N) is 4. The highest BCUT2D eigenvalue weighted by atomic mass is 16.3. The standard InChI is InChI=1S/C23H21N7O3/c1-13-7-3-5-9-15(13)25-21-27-18(26-20(24)28-21)12-30-19(31)23(2,29-22(30)32)17-11-14-8-4-6-10-16(14)33-17/h3-11H,12H2,1-2H3,(H,29,32)(H3,24,25,26,27,28)/t23-/m0/s1. The van der Waals surface area contributed by atoms with Crippen LogP contribution < -0.4 is 16.4 Å². The number of fused-ring (bicyclic) bond motifs is 1. The molecular formula is C23H21N7O3. The molecular weight excluding hydrogens is 422 g/mol. The van der Waals surface area contributed by atoms with E-state index in [9.17, 15) is 9.59 Å². The molecule has 3 amide bonds. The maximum absolute atomic E-state index is 13.3. The fourth-order valence-corrected chi connectivity index (χ4v) is 3.78. The Morgan fingerprint density at radius 1 is 1.09 bits per heavy atom. The molecule has 4 aromatic rings. The number of furan rings is 1. The first-order chi connectivity index (χ1) is 15.8. The molecule has 33 heavy (non-hydrogen) atoms. The van der Waals surface area contributed by atoms with Gasteiger partial charge >= 0.3 is 6.03 Å². The molecule has 10 heteroatoms. The van der Waals surface area contributed by atoms with Gasteiger partial charge in [0.25, 0.3) is 5.91 Å². The van der Waals surface area contributed by atoms with Gasteiger partial charge in [0.15, 0.2) is 11.4 Å². The number of nitrogens with two attached hydrogens (primary N) is 1. The summed E-state index contributed by atoms with van der Waals surface area (Å²) in [6.07, 6.45) is 0.